The Labute approximate surface area is 157 Å². The molecule has 4 aliphatic rings. The van der Waals surface area contributed by atoms with E-state index in [9.17, 15) is 20.1 Å². The van der Waals surface area contributed by atoms with E-state index in [-0.39, 0.29) is 23.7 Å². The minimum atomic E-state index is -0.280. The van der Waals surface area contributed by atoms with Gasteiger partial charge in [-0.15, -0.1) is 0 Å². The fourth-order valence-corrected chi connectivity index (χ4v) is 7.82. The van der Waals surface area contributed by atoms with Crippen molar-refractivity contribution in [1.29, 1.82) is 0 Å². The van der Waals surface area contributed by atoms with Crippen molar-refractivity contribution in [2.45, 2.75) is 89.4 Å². The molecule has 4 saturated carbocycles. The largest absolute Gasteiger partial charge is 0.393 e. The summed E-state index contributed by atoms with van der Waals surface area (Å²) in [6.45, 7) is 2.37. The lowest BCUT2D eigenvalue weighted by Gasteiger charge is -2.61. The van der Waals surface area contributed by atoms with Gasteiger partial charge in [-0.25, -0.2) is 0 Å². The Kier molecular flexibility index (Phi) is 5.22. The van der Waals surface area contributed by atoms with Crippen molar-refractivity contribution in [3.05, 3.63) is 0 Å². The van der Waals surface area contributed by atoms with Gasteiger partial charge in [0.1, 0.15) is 6.29 Å². The molecule has 4 fully saturated rings. The van der Waals surface area contributed by atoms with E-state index in [1.807, 2.05) is 0 Å². The molecule has 0 radical (unpaired) electrons. The highest BCUT2D eigenvalue weighted by molar-refractivity contribution is 5.48. The molecule has 148 valence electrons. The van der Waals surface area contributed by atoms with Crippen molar-refractivity contribution < 1.29 is 20.1 Å². The number of fused-ring (bicyclic) bond motifs is 5. The molecule has 4 heteroatoms. The third-order valence-electron chi connectivity index (χ3n) is 9.03. The third kappa shape index (κ3) is 2.97. The van der Waals surface area contributed by atoms with E-state index >= 15 is 0 Å². The van der Waals surface area contributed by atoms with Gasteiger partial charge in [0.05, 0.1) is 18.3 Å². The molecule has 0 saturated heterocycles. The first kappa shape index (κ1) is 18.9. The highest BCUT2D eigenvalue weighted by Crippen LogP contribution is 2.64. The Morgan fingerprint density at radius 2 is 1.77 bits per heavy atom. The van der Waals surface area contributed by atoms with Gasteiger partial charge >= 0.3 is 0 Å². The van der Waals surface area contributed by atoms with Gasteiger partial charge in [-0.2, -0.15) is 0 Å². The number of unbranched alkanes of at least 4 members (excludes halogenated alkanes) is 1. The van der Waals surface area contributed by atoms with Gasteiger partial charge in [0.15, 0.2) is 0 Å². The highest BCUT2D eigenvalue weighted by Gasteiger charge is 2.61. The molecule has 0 aliphatic heterocycles. The van der Waals surface area contributed by atoms with Gasteiger partial charge in [-0.3, -0.25) is 0 Å². The van der Waals surface area contributed by atoms with Gasteiger partial charge in [0.25, 0.3) is 0 Å². The molecule has 6 unspecified atom stereocenters. The van der Waals surface area contributed by atoms with Crippen LogP contribution in [0.25, 0.3) is 0 Å². The number of hydrogen-bond acceptors (Lipinski definition) is 4. The zero-order valence-electron chi connectivity index (χ0n) is 16.1. The zero-order valence-corrected chi connectivity index (χ0v) is 16.1. The van der Waals surface area contributed by atoms with Crippen molar-refractivity contribution in [3.8, 4) is 0 Å². The van der Waals surface area contributed by atoms with Crippen molar-refractivity contribution in [2.75, 3.05) is 0 Å². The van der Waals surface area contributed by atoms with Crippen LogP contribution < -0.4 is 0 Å². The summed E-state index contributed by atoms with van der Waals surface area (Å²) in [5.74, 6) is 2.35. The molecule has 10 atom stereocenters. The topological polar surface area (TPSA) is 77.8 Å². The van der Waals surface area contributed by atoms with Gasteiger partial charge in [-0.05, 0) is 98.7 Å². The maximum Gasteiger partial charge on any atom is 0.119 e. The number of rotatable bonds is 4. The Morgan fingerprint density at radius 3 is 2.54 bits per heavy atom. The Morgan fingerprint density at radius 1 is 1.00 bits per heavy atom. The highest BCUT2D eigenvalue weighted by atomic mass is 16.3. The third-order valence-corrected chi connectivity index (χ3v) is 9.03. The summed E-state index contributed by atoms with van der Waals surface area (Å²) in [4.78, 5) is 10.6. The summed E-state index contributed by atoms with van der Waals surface area (Å²) in [7, 11) is 0. The van der Waals surface area contributed by atoms with Crippen LogP contribution in [-0.4, -0.2) is 39.9 Å². The maximum atomic E-state index is 11.1. The first-order chi connectivity index (χ1) is 12.5. The summed E-state index contributed by atoms with van der Waals surface area (Å²) in [5.41, 5.74) is 0.157. The smallest absolute Gasteiger partial charge is 0.119 e. The van der Waals surface area contributed by atoms with Crippen molar-refractivity contribution in [1.82, 2.24) is 0 Å². The lowest BCUT2D eigenvalue weighted by atomic mass is 9.45. The van der Waals surface area contributed by atoms with E-state index in [2.05, 4.69) is 6.92 Å². The first-order valence-corrected chi connectivity index (χ1v) is 10.9. The van der Waals surface area contributed by atoms with Crippen LogP contribution in [0.15, 0.2) is 0 Å². The summed E-state index contributed by atoms with van der Waals surface area (Å²) in [5, 5.41) is 32.3. The molecule has 0 aromatic rings. The number of carbonyl (C=O) groups is 1. The average molecular weight is 365 g/mol. The Balaban J connectivity index is 1.55. The molecule has 4 rings (SSSR count). The molecular weight excluding hydrogens is 328 g/mol. The molecule has 26 heavy (non-hydrogen) atoms. The number of aliphatic hydroxyl groups is 3. The van der Waals surface area contributed by atoms with Crippen LogP contribution in [0, 0.1) is 40.9 Å². The van der Waals surface area contributed by atoms with Crippen LogP contribution in [0.5, 0.6) is 0 Å². The van der Waals surface area contributed by atoms with Crippen LogP contribution in [0.3, 0.4) is 0 Å². The van der Waals surface area contributed by atoms with Gasteiger partial charge in [0, 0.05) is 6.42 Å². The fourth-order valence-electron chi connectivity index (χ4n) is 7.82. The number of hydrogen-bond donors (Lipinski definition) is 3. The van der Waals surface area contributed by atoms with Crippen molar-refractivity contribution >= 4 is 6.29 Å². The van der Waals surface area contributed by atoms with Crippen molar-refractivity contribution in [3.63, 3.8) is 0 Å². The second-order valence-electron chi connectivity index (χ2n) is 10.1. The lowest BCUT2D eigenvalue weighted by Crippen LogP contribution is -2.59. The van der Waals surface area contributed by atoms with Gasteiger partial charge < -0.3 is 20.1 Å². The average Bonchev–Trinajstić information content (AvgIpc) is 3.02. The number of aliphatic hydroxyl groups excluding tert-OH is 3. The van der Waals surface area contributed by atoms with E-state index in [0.29, 0.717) is 41.9 Å². The molecule has 3 N–H and O–H groups in total. The molecule has 0 spiro atoms. The second kappa shape index (κ2) is 7.18. The van der Waals surface area contributed by atoms with E-state index in [0.717, 1.165) is 64.1 Å². The van der Waals surface area contributed by atoms with Crippen LogP contribution in [0.2, 0.25) is 0 Å². The normalized spacial score (nSPS) is 53.5. The molecule has 0 aromatic carbocycles. The van der Waals surface area contributed by atoms with Crippen molar-refractivity contribution in [2.24, 2.45) is 40.9 Å². The lowest BCUT2D eigenvalue weighted by molar-refractivity contribution is -0.180. The van der Waals surface area contributed by atoms with E-state index in [1.54, 1.807) is 0 Å². The molecule has 4 nitrogen and oxygen atoms in total. The molecule has 0 amide bonds. The van der Waals surface area contributed by atoms with Crippen LogP contribution in [-0.2, 0) is 4.79 Å². The summed E-state index contributed by atoms with van der Waals surface area (Å²) in [6.07, 6.45) is 9.44. The van der Waals surface area contributed by atoms with E-state index < -0.39 is 0 Å². The van der Waals surface area contributed by atoms with E-state index in [4.69, 9.17) is 0 Å². The number of aldehydes is 1. The minimum Gasteiger partial charge on any atom is -0.393 e. The molecule has 0 bridgehead atoms. The van der Waals surface area contributed by atoms with Crippen LogP contribution in [0.1, 0.15) is 71.1 Å². The summed E-state index contributed by atoms with van der Waals surface area (Å²) >= 11 is 0. The predicted octanol–water partition coefficient (Wildman–Crippen LogP) is 2.93. The Bertz CT molecular complexity index is 522. The van der Waals surface area contributed by atoms with Gasteiger partial charge in [-0.1, -0.05) is 6.92 Å². The summed E-state index contributed by atoms with van der Waals surface area (Å²) < 4.78 is 0. The van der Waals surface area contributed by atoms with Crippen LogP contribution in [0.4, 0.5) is 0 Å². The fraction of sp³-hybridized carbons (Fsp3) is 0.955. The molecular formula is C22H36O4. The summed E-state index contributed by atoms with van der Waals surface area (Å²) in [6, 6.07) is 0. The molecule has 4 aliphatic carbocycles. The maximum absolute atomic E-state index is 11.1. The minimum absolute atomic E-state index is 0.157. The predicted molar refractivity (Wildman–Crippen MR) is 99.3 cm³/mol. The van der Waals surface area contributed by atoms with E-state index in [1.165, 1.54) is 0 Å². The number of carbonyl (C=O) groups excluding carboxylic acids is 1. The zero-order chi connectivity index (χ0) is 18.5. The SMILES string of the molecule is C[C@]12CC[C@H](O)CC1C[C@H](O)C1C3CCC(CCCC=O)C3[C@H](O)CC12. The monoisotopic (exact) mass is 364 g/mol. The van der Waals surface area contributed by atoms with Gasteiger partial charge in [0.2, 0.25) is 0 Å². The molecule has 0 heterocycles. The molecule has 0 aromatic heterocycles. The first-order valence-electron chi connectivity index (χ1n) is 10.9. The Hall–Kier alpha value is -0.450. The standard InChI is InChI=1S/C22H36O4/c1-22-8-7-15(24)10-14(22)11-18(25)21-16-6-5-13(4-2-3-9-23)20(16)19(26)12-17(21)22/h9,13-21,24-26H,2-8,10-12H2,1H3/t13?,14?,15-,16?,17?,18-,19+,20?,21?,22-/m0/s1. The van der Waals surface area contributed by atoms with Crippen LogP contribution >= 0.6 is 0 Å². The quantitative estimate of drug-likeness (QED) is 0.529. The second-order valence-corrected chi connectivity index (χ2v) is 10.1.